The second kappa shape index (κ2) is 9.33. The maximum absolute atomic E-state index is 5.38. The smallest absolute Gasteiger partial charge is 0.111 e. The summed E-state index contributed by atoms with van der Waals surface area (Å²) in [5.41, 5.74) is 5.38. The lowest BCUT2D eigenvalue weighted by Crippen LogP contribution is -1.97. The summed E-state index contributed by atoms with van der Waals surface area (Å²) < 4.78 is 5.17. The van der Waals surface area contributed by atoms with Crippen molar-refractivity contribution in [1.29, 1.82) is 0 Å². The van der Waals surface area contributed by atoms with E-state index in [0.29, 0.717) is 6.61 Å². The van der Waals surface area contributed by atoms with Crippen LogP contribution in [0.5, 0.6) is 0 Å². The van der Waals surface area contributed by atoms with Crippen LogP contribution in [0, 0.1) is 0 Å². The Balaban J connectivity index is 3.25. The van der Waals surface area contributed by atoms with Crippen molar-refractivity contribution < 1.29 is 4.74 Å². The molecule has 0 radical (unpaired) electrons. The summed E-state index contributed by atoms with van der Waals surface area (Å²) in [6.45, 7) is 7.20. The molecule has 0 aliphatic rings. The normalized spacial score (nSPS) is 10.6. The summed E-state index contributed by atoms with van der Waals surface area (Å²) in [6, 6.07) is 0. The Morgan fingerprint density at radius 2 is 2.15 bits per heavy atom. The van der Waals surface area contributed by atoms with Gasteiger partial charge in [0.1, 0.15) is 5.76 Å². The van der Waals surface area contributed by atoms with Gasteiger partial charge in [-0.3, -0.25) is 0 Å². The molecular weight excluding hydrogens is 162 g/mol. The molecule has 0 bridgehead atoms. The van der Waals surface area contributed by atoms with Crippen molar-refractivity contribution in [3.05, 3.63) is 24.5 Å². The van der Waals surface area contributed by atoms with Crippen LogP contribution in [0.15, 0.2) is 24.5 Å². The van der Waals surface area contributed by atoms with Crippen molar-refractivity contribution in [2.45, 2.75) is 32.6 Å². The van der Waals surface area contributed by atoms with Gasteiger partial charge in [0, 0.05) is 0 Å². The van der Waals surface area contributed by atoms with E-state index in [1.54, 1.807) is 0 Å². The molecule has 0 aromatic heterocycles. The van der Waals surface area contributed by atoms with Crippen molar-refractivity contribution >= 4 is 0 Å². The maximum atomic E-state index is 5.38. The fraction of sp³-hybridized carbons (Fsp3) is 0.636. The second-order valence-corrected chi connectivity index (χ2v) is 2.94. The Hall–Kier alpha value is -0.760. The molecule has 0 aromatic carbocycles. The largest absolute Gasteiger partial charge is 0.495 e. The number of ether oxygens (including phenoxy) is 1. The average molecular weight is 183 g/mol. The fourth-order valence-electron chi connectivity index (χ4n) is 1.03. The van der Waals surface area contributed by atoms with Gasteiger partial charge in [-0.05, 0) is 38.8 Å². The van der Waals surface area contributed by atoms with Crippen LogP contribution >= 0.6 is 0 Å². The van der Waals surface area contributed by atoms with E-state index in [1.165, 1.54) is 12.8 Å². The number of rotatable bonds is 8. The fourth-order valence-corrected chi connectivity index (χ4v) is 1.03. The molecule has 0 saturated carbocycles. The maximum Gasteiger partial charge on any atom is 0.111 e. The van der Waals surface area contributed by atoms with E-state index in [9.17, 15) is 0 Å². The highest BCUT2D eigenvalue weighted by Crippen LogP contribution is 2.02. The SMILES string of the molecule is C=C(/C=C/CCCCCN)OCC. The van der Waals surface area contributed by atoms with Gasteiger partial charge in [-0.25, -0.2) is 0 Å². The molecule has 0 unspecified atom stereocenters. The first-order valence-corrected chi connectivity index (χ1v) is 4.99. The third-order valence-electron chi connectivity index (χ3n) is 1.71. The number of nitrogens with two attached hydrogens (primary N) is 1. The molecule has 2 nitrogen and oxygen atoms in total. The topological polar surface area (TPSA) is 35.2 Å². The van der Waals surface area contributed by atoms with Crippen molar-refractivity contribution in [1.82, 2.24) is 0 Å². The third kappa shape index (κ3) is 9.15. The monoisotopic (exact) mass is 183 g/mol. The van der Waals surface area contributed by atoms with Crippen molar-refractivity contribution in [2.75, 3.05) is 13.2 Å². The number of unbranched alkanes of at least 4 members (excludes halogenated alkanes) is 3. The van der Waals surface area contributed by atoms with Crippen molar-refractivity contribution in [3.63, 3.8) is 0 Å². The van der Waals surface area contributed by atoms with Gasteiger partial charge in [-0.2, -0.15) is 0 Å². The highest BCUT2D eigenvalue weighted by Gasteiger charge is 1.86. The molecule has 0 aliphatic heterocycles. The van der Waals surface area contributed by atoms with E-state index >= 15 is 0 Å². The minimum atomic E-state index is 0.691. The molecule has 0 fully saturated rings. The standard InChI is InChI=1S/C11H21NO/c1-3-13-11(2)9-7-5-4-6-8-10-12/h7,9H,2-6,8,10,12H2,1H3/b9-7+. The summed E-state index contributed by atoms with van der Waals surface area (Å²) in [5.74, 6) is 0.751. The molecule has 0 amide bonds. The molecule has 76 valence electrons. The minimum Gasteiger partial charge on any atom is -0.495 e. The van der Waals surface area contributed by atoms with Gasteiger partial charge in [0.15, 0.2) is 0 Å². The molecule has 0 atom stereocenters. The van der Waals surface area contributed by atoms with Crippen LogP contribution in [0.3, 0.4) is 0 Å². The van der Waals surface area contributed by atoms with Crippen LogP contribution < -0.4 is 5.73 Å². The Bertz CT molecular complexity index is 152. The molecule has 0 aliphatic carbocycles. The summed E-state index contributed by atoms with van der Waals surface area (Å²) in [6.07, 6.45) is 8.67. The van der Waals surface area contributed by atoms with Gasteiger partial charge in [0.05, 0.1) is 6.61 Å². The molecule has 13 heavy (non-hydrogen) atoms. The second-order valence-electron chi connectivity index (χ2n) is 2.94. The lowest BCUT2D eigenvalue weighted by atomic mass is 10.2. The molecule has 0 saturated heterocycles. The zero-order valence-electron chi connectivity index (χ0n) is 8.59. The van der Waals surface area contributed by atoms with E-state index in [4.69, 9.17) is 10.5 Å². The summed E-state index contributed by atoms with van der Waals surface area (Å²) >= 11 is 0. The van der Waals surface area contributed by atoms with Crippen LogP contribution in [0.25, 0.3) is 0 Å². The van der Waals surface area contributed by atoms with Gasteiger partial charge < -0.3 is 10.5 Å². The quantitative estimate of drug-likeness (QED) is 0.356. The lowest BCUT2D eigenvalue weighted by Gasteiger charge is -2.00. The predicted molar refractivity (Wildman–Crippen MR) is 57.4 cm³/mol. The van der Waals surface area contributed by atoms with Crippen LogP contribution in [0.1, 0.15) is 32.6 Å². The van der Waals surface area contributed by atoms with E-state index in [1.807, 2.05) is 13.0 Å². The molecule has 2 heteroatoms. The third-order valence-corrected chi connectivity index (χ3v) is 1.71. The van der Waals surface area contributed by atoms with Crippen LogP contribution in [0.2, 0.25) is 0 Å². The van der Waals surface area contributed by atoms with Crippen molar-refractivity contribution in [2.24, 2.45) is 5.73 Å². The van der Waals surface area contributed by atoms with E-state index < -0.39 is 0 Å². The Kier molecular flexibility index (Phi) is 8.78. The lowest BCUT2D eigenvalue weighted by molar-refractivity contribution is 0.244. The highest BCUT2D eigenvalue weighted by atomic mass is 16.5. The first-order chi connectivity index (χ1) is 6.31. The van der Waals surface area contributed by atoms with Gasteiger partial charge in [-0.15, -0.1) is 0 Å². The van der Waals surface area contributed by atoms with Crippen molar-refractivity contribution in [3.8, 4) is 0 Å². The van der Waals surface area contributed by atoms with Gasteiger partial charge >= 0.3 is 0 Å². The predicted octanol–water partition coefficient (Wildman–Crippen LogP) is 2.61. The molecule has 0 rings (SSSR count). The van der Waals surface area contributed by atoms with E-state index in [-0.39, 0.29) is 0 Å². The summed E-state index contributed by atoms with van der Waals surface area (Å²) in [7, 11) is 0. The molecule has 0 heterocycles. The van der Waals surface area contributed by atoms with Gasteiger partial charge in [0.25, 0.3) is 0 Å². The van der Waals surface area contributed by atoms with Gasteiger partial charge in [0.2, 0.25) is 0 Å². The molecule has 2 N–H and O–H groups in total. The Labute approximate surface area is 81.5 Å². The summed E-state index contributed by atoms with van der Waals surface area (Å²) in [5, 5.41) is 0. The van der Waals surface area contributed by atoms with E-state index in [2.05, 4.69) is 12.7 Å². The Morgan fingerprint density at radius 3 is 2.77 bits per heavy atom. The van der Waals surface area contributed by atoms with Crippen LogP contribution in [0.4, 0.5) is 0 Å². The van der Waals surface area contributed by atoms with Crippen LogP contribution in [-0.4, -0.2) is 13.2 Å². The molecule has 0 spiro atoms. The van der Waals surface area contributed by atoms with Gasteiger partial charge in [-0.1, -0.05) is 19.1 Å². The van der Waals surface area contributed by atoms with E-state index in [0.717, 1.165) is 25.1 Å². The summed E-state index contributed by atoms with van der Waals surface area (Å²) in [4.78, 5) is 0. The van der Waals surface area contributed by atoms with Crippen LogP contribution in [-0.2, 0) is 4.74 Å². The number of allylic oxidation sites excluding steroid dienone is 2. The first-order valence-electron chi connectivity index (χ1n) is 4.99. The minimum absolute atomic E-state index is 0.691. The molecular formula is C11H21NO. The molecule has 0 aromatic rings. The zero-order valence-corrected chi connectivity index (χ0v) is 8.59. The zero-order chi connectivity index (χ0) is 9.94. The number of hydrogen-bond acceptors (Lipinski definition) is 2. The highest BCUT2D eigenvalue weighted by molar-refractivity contribution is 5.06. The average Bonchev–Trinajstić information content (AvgIpc) is 2.11. The Morgan fingerprint density at radius 1 is 1.38 bits per heavy atom. The number of hydrogen-bond donors (Lipinski definition) is 1. The first kappa shape index (κ1) is 12.2.